The Labute approximate surface area is 511 Å². The van der Waals surface area contributed by atoms with Gasteiger partial charge in [0, 0.05) is 0 Å². The lowest BCUT2D eigenvalue weighted by atomic mass is 10.1. The molecule has 0 bridgehead atoms. The van der Waals surface area contributed by atoms with Gasteiger partial charge >= 0.3 is 0 Å². The molecule has 0 aliphatic carbocycles. The first-order valence-corrected chi connectivity index (χ1v) is 31.8. The Bertz CT molecular complexity index is 765. The highest BCUT2D eigenvalue weighted by Gasteiger charge is 2.08. The monoisotopic (exact) mass is 1180 g/mol. The van der Waals surface area contributed by atoms with Crippen LogP contribution in [-0.2, 0) is 0 Å². The van der Waals surface area contributed by atoms with Gasteiger partial charge in [-0.25, -0.2) is 0 Å². The third kappa shape index (κ3) is 128. The zero-order valence-corrected chi connectivity index (χ0v) is 59.7. The van der Waals surface area contributed by atoms with E-state index in [0.29, 0.717) is 0 Å². The van der Waals surface area contributed by atoms with Crippen molar-refractivity contribution in [2.45, 2.75) is 291 Å². The van der Waals surface area contributed by atoms with Crippen LogP contribution >= 0.6 is 0 Å². The number of halogens is 5. The molecule has 0 aliphatic rings. The first-order chi connectivity index (χ1) is 32.8. The second kappa shape index (κ2) is 71.4. The lowest BCUT2D eigenvalue weighted by molar-refractivity contribution is -0.870. The average molecular weight is 1180 g/mol. The van der Waals surface area contributed by atoms with E-state index >= 15 is 0 Å². The second-order valence-corrected chi connectivity index (χ2v) is 27.4. The first kappa shape index (κ1) is 98.4. The van der Waals surface area contributed by atoms with Crippen LogP contribution < -0.4 is 62.0 Å². The van der Waals surface area contributed by atoms with Crippen LogP contribution in [0.25, 0.3) is 0 Å². The van der Waals surface area contributed by atoms with Crippen molar-refractivity contribution in [2.24, 2.45) is 0 Å². The van der Waals surface area contributed by atoms with Gasteiger partial charge in [0.15, 0.2) is 0 Å². The highest BCUT2D eigenvalue weighted by Crippen LogP contribution is 2.13. The molecule has 75 heavy (non-hydrogen) atoms. The summed E-state index contributed by atoms with van der Waals surface area (Å²) in [5.41, 5.74) is 0. The SMILES string of the molecule is CCCCCCCCCC[N+](C)(C)C.CCCCCCCCCC[N+](C)(C)C.CCCCCCCCCC[N+](C)(C)C.CCCCCCCCCC[N+](C)(C)C.CCCCCCCCCC[N+](C)(C)C.[Cl-].[Cl-].[Cl-].[Cl-].[Cl-]. The van der Waals surface area contributed by atoms with E-state index in [9.17, 15) is 0 Å². The van der Waals surface area contributed by atoms with Crippen LogP contribution in [-0.4, -0.2) is 161 Å². The fraction of sp³-hybridized carbons (Fsp3) is 1.00. The summed E-state index contributed by atoms with van der Waals surface area (Å²) >= 11 is 0. The van der Waals surface area contributed by atoms with Gasteiger partial charge in [0.25, 0.3) is 0 Å². The number of quaternary nitrogens is 5. The van der Waals surface area contributed by atoms with E-state index in [1.165, 1.54) is 290 Å². The molecular formula is C65H150Cl5N5. The molecule has 0 fully saturated rings. The molecule has 0 radical (unpaired) electrons. The number of rotatable bonds is 45. The summed E-state index contributed by atoms with van der Waals surface area (Å²) in [4.78, 5) is 0. The van der Waals surface area contributed by atoms with Crippen LogP contribution in [0.3, 0.4) is 0 Å². The summed E-state index contributed by atoms with van der Waals surface area (Å²) in [5, 5.41) is 0. The van der Waals surface area contributed by atoms with Gasteiger partial charge in [0.1, 0.15) is 0 Å². The quantitative estimate of drug-likeness (QED) is 0.0636. The summed E-state index contributed by atoms with van der Waals surface area (Å²) in [5.74, 6) is 0. The molecular weight excluding hydrogens is 1030 g/mol. The molecule has 0 amide bonds. The standard InChI is InChI=1S/5C13H30N.5ClH/c5*1-5-6-7-8-9-10-11-12-13-14(2,3)4;;;;;/h5*5-13H2,1-4H3;5*1H/q5*+1;;;;;/p-5. The molecule has 0 unspecified atom stereocenters. The van der Waals surface area contributed by atoms with E-state index in [0.717, 1.165) is 22.4 Å². The molecule has 0 aromatic heterocycles. The topological polar surface area (TPSA) is 0 Å². The molecule has 0 aromatic rings. The van der Waals surface area contributed by atoms with Crippen LogP contribution in [0.5, 0.6) is 0 Å². The Morgan fingerprint density at radius 3 is 0.293 bits per heavy atom. The van der Waals surface area contributed by atoms with Crippen LogP contribution in [0.15, 0.2) is 0 Å². The third-order valence-electron chi connectivity index (χ3n) is 13.4. The van der Waals surface area contributed by atoms with E-state index in [1.807, 2.05) is 0 Å². The molecule has 0 N–H and O–H groups in total. The van der Waals surface area contributed by atoms with Crippen LogP contribution in [0, 0.1) is 0 Å². The molecule has 470 valence electrons. The molecule has 0 atom stereocenters. The lowest BCUT2D eigenvalue weighted by Crippen LogP contribution is -3.00. The van der Waals surface area contributed by atoms with E-state index < -0.39 is 0 Å². The van der Waals surface area contributed by atoms with Crippen molar-refractivity contribution >= 4 is 0 Å². The van der Waals surface area contributed by atoms with Gasteiger partial charge in [0.2, 0.25) is 0 Å². The van der Waals surface area contributed by atoms with Crippen LogP contribution in [0.2, 0.25) is 0 Å². The normalized spacial score (nSPS) is 11.2. The predicted octanol–water partition coefficient (Wildman–Crippen LogP) is 4.19. The Balaban J connectivity index is -0.0000000866. The minimum absolute atomic E-state index is 0. The molecule has 0 spiro atoms. The summed E-state index contributed by atoms with van der Waals surface area (Å²) < 4.78 is 5.60. The number of nitrogens with zero attached hydrogens (tertiary/aromatic N) is 5. The van der Waals surface area contributed by atoms with Gasteiger partial charge in [-0.15, -0.1) is 0 Å². The molecule has 0 aromatic carbocycles. The summed E-state index contributed by atoms with van der Waals surface area (Å²) in [6, 6.07) is 0. The van der Waals surface area contributed by atoms with Crippen molar-refractivity contribution in [1.82, 2.24) is 0 Å². The fourth-order valence-corrected chi connectivity index (χ4v) is 8.60. The van der Waals surface area contributed by atoms with E-state index in [-0.39, 0.29) is 62.0 Å². The zero-order valence-electron chi connectivity index (χ0n) is 55.9. The van der Waals surface area contributed by atoms with Crippen molar-refractivity contribution in [1.29, 1.82) is 0 Å². The molecule has 5 nitrogen and oxygen atoms in total. The predicted molar refractivity (Wildman–Crippen MR) is 328 cm³/mol. The number of hydrogen-bond donors (Lipinski definition) is 0. The van der Waals surface area contributed by atoms with Gasteiger partial charge in [0.05, 0.1) is 138 Å². The second-order valence-electron chi connectivity index (χ2n) is 27.4. The fourth-order valence-electron chi connectivity index (χ4n) is 8.60. The summed E-state index contributed by atoms with van der Waals surface area (Å²) in [6.45, 7) is 18.0. The molecule has 0 saturated heterocycles. The number of unbranched alkanes of at least 4 members (excludes halogenated alkanes) is 35. The van der Waals surface area contributed by atoms with Gasteiger partial charge < -0.3 is 84.5 Å². The Morgan fingerprint density at radius 2 is 0.213 bits per heavy atom. The highest BCUT2D eigenvalue weighted by atomic mass is 35.5. The largest absolute Gasteiger partial charge is 1.00 e. The summed E-state index contributed by atoms with van der Waals surface area (Å²) in [7, 11) is 34.2. The third-order valence-corrected chi connectivity index (χ3v) is 13.4. The molecule has 0 saturated carbocycles. The smallest absolute Gasteiger partial charge is 0.0780 e. The molecule has 0 heterocycles. The minimum atomic E-state index is 0. The number of hydrogen-bond acceptors (Lipinski definition) is 0. The first-order valence-electron chi connectivity index (χ1n) is 31.8. The summed E-state index contributed by atoms with van der Waals surface area (Å²) in [6.07, 6.45) is 57.2. The van der Waals surface area contributed by atoms with Crippen molar-refractivity contribution in [3.05, 3.63) is 0 Å². The van der Waals surface area contributed by atoms with E-state index in [1.54, 1.807) is 0 Å². The van der Waals surface area contributed by atoms with Gasteiger partial charge in [-0.05, 0) is 64.2 Å². The molecule has 0 rings (SSSR count). The van der Waals surface area contributed by atoms with Gasteiger partial charge in [-0.3, -0.25) is 0 Å². The maximum absolute atomic E-state index is 2.28. The lowest BCUT2D eigenvalue weighted by Gasteiger charge is -2.23. The van der Waals surface area contributed by atoms with Crippen LogP contribution in [0.4, 0.5) is 0 Å². The Kier molecular flexibility index (Phi) is 93.6. The Morgan fingerprint density at radius 1 is 0.133 bits per heavy atom. The van der Waals surface area contributed by atoms with Crippen molar-refractivity contribution in [2.75, 3.05) is 138 Å². The molecule has 10 heteroatoms. The van der Waals surface area contributed by atoms with Crippen molar-refractivity contribution in [3.8, 4) is 0 Å². The van der Waals surface area contributed by atoms with Crippen molar-refractivity contribution in [3.63, 3.8) is 0 Å². The van der Waals surface area contributed by atoms with Crippen molar-refractivity contribution < 1.29 is 84.5 Å². The average Bonchev–Trinajstić information content (AvgIpc) is 3.25. The minimum Gasteiger partial charge on any atom is -1.00 e. The highest BCUT2D eigenvalue weighted by molar-refractivity contribution is 4.49. The maximum Gasteiger partial charge on any atom is 0.0780 e. The molecule has 0 aliphatic heterocycles. The van der Waals surface area contributed by atoms with Gasteiger partial charge in [-0.2, -0.15) is 0 Å². The Hall–Kier alpha value is 1.25. The van der Waals surface area contributed by atoms with Crippen LogP contribution in [0.1, 0.15) is 291 Å². The zero-order chi connectivity index (χ0) is 54.3. The maximum atomic E-state index is 2.28. The van der Waals surface area contributed by atoms with E-state index in [2.05, 4.69) is 140 Å². The van der Waals surface area contributed by atoms with Gasteiger partial charge in [-0.1, -0.05) is 227 Å². The van der Waals surface area contributed by atoms with E-state index in [4.69, 9.17) is 0 Å².